The SMILES string of the molecule is C[C@H]1[C@@H](c2ccsc2)OC(=O)N1C(C)(C)C. The van der Waals surface area contributed by atoms with E-state index in [2.05, 4.69) is 0 Å². The molecule has 16 heavy (non-hydrogen) atoms. The molecule has 88 valence electrons. The first-order valence-electron chi connectivity index (χ1n) is 5.43. The Hall–Kier alpha value is -1.03. The van der Waals surface area contributed by atoms with Crippen LogP contribution in [0.4, 0.5) is 4.79 Å². The maximum absolute atomic E-state index is 11.8. The van der Waals surface area contributed by atoms with Gasteiger partial charge in [-0.1, -0.05) is 0 Å². The fraction of sp³-hybridized carbons (Fsp3) is 0.583. The topological polar surface area (TPSA) is 29.5 Å². The summed E-state index contributed by atoms with van der Waals surface area (Å²) < 4.78 is 5.45. The van der Waals surface area contributed by atoms with Crippen LogP contribution in [0.2, 0.25) is 0 Å². The highest BCUT2D eigenvalue weighted by molar-refractivity contribution is 7.07. The first kappa shape index (κ1) is 11.5. The van der Waals surface area contributed by atoms with Gasteiger partial charge in [0.1, 0.15) is 6.10 Å². The quantitative estimate of drug-likeness (QED) is 0.751. The Balaban J connectivity index is 2.26. The zero-order valence-electron chi connectivity index (χ0n) is 10.1. The first-order chi connectivity index (χ1) is 7.41. The Bertz CT molecular complexity index is 380. The monoisotopic (exact) mass is 239 g/mol. The maximum atomic E-state index is 11.8. The zero-order valence-corrected chi connectivity index (χ0v) is 10.9. The second kappa shape index (κ2) is 3.77. The van der Waals surface area contributed by atoms with Crippen molar-refractivity contribution in [3.63, 3.8) is 0 Å². The molecule has 1 aliphatic heterocycles. The number of nitrogens with zero attached hydrogens (tertiary/aromatic N) is 1. The highest BCUT2D eigenvalue weighted by atomic mass is 32.1. The zero-order chi connectivity index (χ0) is 11.9. The third-order valence-corrected chi connectivity index (χ3v) is 3.57. The van der Waals surface area contributed by atoms with Crippen molar-refractivity contribution in [2.45, 2.75) is 45.4 Å². The van der Waals surface area contributed by atoms with Gasteiger partial charge in [-0.25, -0.2) is 4.79 Å². The minimum atomic E-state index is -0.212. The Morgan fingerprint density at radius 3 is 2.56 bits per heavy atom. The molecule has 1 fully saturated rings. The van der Waals surface area contributed by atoms with Crippen molar-refractivity contribution in [3.05, 3.63) is 22.4 Å². The summed E-state index contributed by atoms with van der Waals surface area (Å²) in [5.74, 6) is 0. The summed E-state index contributed by atoms with van der Waals surface area (Å²) >= 11 is 1.63. The minimum Gasteiger partial charge on any atom is -0.439 e. The van der Waals surface area contributed by atoms with Gasteiger partial charge in [0.15, 0.2) is 0 Å². The van der Waals surface area contributed by atoms with Crippen LogP contribution < -0.4 is 0 Å². The van der Waals surface area contributed by atoms with Crippen LogP contribution in [0.25, 0.3) is 0 Å². The van der Waals surface area contributed by atoms with Gasteiger partial charge in [0.2, 0.25) is 0 Å². The van der Waals surface area contributed by atoms with Crippen LogP contribution in [0.5, 0.6) is 0 Å². The molecule has 0 aliphatic carbocycles. The van der Waals surface area contributed by atoms with E-state index in [1.165, 1.54) is 0 Å². The molecule has 3 nitrogen and oxygen atoms in total. The largest absolute Gasteiger partial charge is 0.439 e. The van der Waals surface area contributed by atoms with Gasteiger partial charge < -0.3 is 4.74 Å². The van der Waals surface area contributed by atoms with E-state index < -0.39 is 0 Å². The number of ether oxygens (including phenoxy) is 1. The van der Waals surface area contributed by atoms with E-state index in [4.69, 9.17) is 4.74 Å². The Morgan fingerprint density at radius 1 is 1.44 bits per heavy atom. The van der Waals surface area contributed by atoms with Crippen LogP contribution in [-0.4, -0.2) is 22.6 Å². The second-order valence-electron chi connectivity index (χ2n) is 5.14. The molecule has 1 saturated heterocycles. The van der Waals surface area contributed by atoms with Crippen molar-refractivity contribution in [2.24, 2.45) is 0 Å². The van der Waals surface area contributed by atoms with Crippen molar-refractivity contribution in [1.82, 2.24) is 4.90 Å². The molecule has 0 bridgehead atoms. The molecule has 0 N–H and O–H groups in total. The van der Waals surface area contributed by atoms with Gasteiger partial charge in [0, 0.05) is 11.1 Å². The highest BCUT2D eigenvalue weighted by Gasteiger charge is 2.44. The van der Waals surface area contributed by atoms with Crippen molar-refractivity contribution in [3.8, 4) is 0 Å². The summed E-state index contributed by atoms with van der Waals surface area (Å²) in [6, 6.07) is 2.10. The Kier molecular flexibility index (Phi) is 2.70. The summed E-state index contributed by atoms with van der Waals surface area (Å²) in [7, 11) is 0. The van der Waals surface area contributed by atoms with Crippen molar-refractivity contribution >= 4 is 17.4 Å². The molecular weight excluding hydrogens is 222 g/mol. The van der Waals surface area contributed by atoms with Crippen molar-refractivity contribution in [1.29, 1.82) is 0 Å². The molecule has 2 rings (SSSR count). The van der Waals surface area contributed by atoms with Gasteiger partial charge in [0.05, 0.1) is 6.04 Å². The summed E-state index contributed by atoms with van der Waals surface area (Å²) in [6.45, 7) is 8.13. The fourth-order valence-corrected chi connectivity index (χ4v) is 2.92. The van der Waals surface area contributed by atoms with E-state index in [0.29, 0.717) is 0 Å². The van der Waals surface area contributed by atoms with Crippen LogP contribution in [0.3, 0.4) is 0 Å². The third kappa shape index (κ3) is 1.82. The maximum Gasteiger partial charge on any atom is 0.411 e. The summed E-state index contributed by atoms with van der Waals surface area (Å²) in [6.07, 6.45) is -0.339. The lowest BCUT2D eigenvalue weighted by Crippen LogP contribution is -2.46. The molecule has 2 heterocycles. The fourth-order valence-electron chi connectivity index (χ4n) is 2.23. The van der Waals surface area contributed by atoms with Crippen molar-refractivity contribution < 1.29 is 9.53 Å². The molecule has 1 aromatic heterocycles. The van der Waals surface area contributed by atoms with Gasteiger partial charge in [-0.3, -0.25) is 4.90 Å². The molecule has 0 aromatic carbocycles. The number of carbonyl (C=O) groups excluding carboxylic acids is 1. The summed E-state index contributed by atoms with van der Waals surface area (Å²) in [5, 5.41) is 4.05. The molecule has 0 unspecified atom stereocenters. The molecule has 0 radical (unpaired) electrons. The predicted octanol–water partition coefficient (Wildman–Crippen LogP) is 3.43. The lowest BCUT2D eigenvalue weighted by molar-refractivity contribution is 0.119. The van der Waals surface area contributed by atoms with E-state index in [1.807, 2.05) is 49.4 Å². The Labute approximate surface area is 100 Å². The second-order valence-corrected chi connectivity index (χ2v) is 5.92. The number of rotatable bonds is 1. The van der Waals surface area contributed by atoms with E-state index in [-0.39, 0.29) is 23.8 Å². The normalized spacial score (nSPS) is 26.0. The van der Waals surface area contributed by atoms with Crippen LogP contribution in [-0.2, 0) is 4.74 Å². The van der Waals surface area contributed by atoms with Crippen LogP contribution in [0.15, 0.2) is 16.8 Å². The average molecular weight is 239 g/mol. The minimum absolute atomic E-state index is 0.0853. The van der Waals surface area contributed by atoms with Crippen LogP contribution in [0, 0.1) is 0 Å². The highest BCUT2D eigenvalue weighted by Crippen LogP contribution is 2.37. The number of hydrogen-bond acceptors (Lipinski definition) is 3. The third-order valence-electron chi connectivity index (χ3n) is 2.86. The van der Waals surface area contributed by atoms with E-state index >= 15 is 0 Å². The van der Waals surface area contributed by atoms with Crippen LogP contribution in [0.1, 0.15) is 39.4 Å². The van der Waals surface area contributed by atoms with Crippen LogP contribution >= 0.6 is 11.3 Å². The van der Waals surface area contributed by atoms with Crippen molar-refractivity contribution in [2.75, 3.05) is 0 Å². The number of cyclic esters (lactones) is 1. The summed E-state index contributed by atoms with van der Waals surface area (Å²) in [4.78, 5) is 13.7. The van der Waals surface area contributed by atoms with E-state index in [0.717, 1.165) is 5.56 Å². The standard InChI is InChI=1S/C12H17NO2S/c1-8-10(9-5-6-16-7-9)15-11(14)13(8)12(2,3)4/h5-8,10H,1-4H3/t8-,10-/m0/s1. The molecule has 1 aliphatic rings. The Morgan fingerprint density at radius 2 is 2.12 bits per heavy atom. The van der Waals surface area contributed by atoms with E-state index in [9.17, 15) is 4.79 Å². The molecule has 1 amide bonds. The van der Waals surface area contributed by atoms with Gasteiger partial charge in [0.25, 0.3) is 0 Å². The average Bonchev–Trinajstić information content (AvgIpc) is 2.71. The molecular formula is C12H17NO2S. The molecule has 2 atom stereocenters. The number of amides is 1. The lowest BCUT2D eigenvalue weighted by Gasteiger charge is -2.33. The number of carbonyl (C=O) groups is 1. The molecule has 0 saturated carbocycles. The van der Waals surface area contributed by atoms with Gasteiger partial charge in [-0.2, -0.15) is 11.3 Å². The summed E-state index contributed by atoms with van der Waals surface area (Å²) in [5.41, 5.74) is 0.902. The van der Waals surface area contributed by atoms with E-state index in [1.54, 1.807) is 11.3 Å². The predicted molar refractivity (Wildman–Crippen MR) is 64.6 cm³/mol. The van der Waals surface area contributed by atoms with Gasteiger partial charge in [-0.05, 0) is 44.5 Å². The number of hydrogen-bond donors (Lipinski definition) is 0. The molecule has 4 heteroatoms. The lowest BCUT2D eigenvalue weighted by atomic mass is 10.0. The smallest absolute Gasteiger partial charge is 0.411 e. The first-order valence-corrected chi connectivity index (χ1v) is 6.37. The number of thiophene rings is 1. The van der Waals surface area contributed by atoms with Gasteiger partial charge in [-0.15, -0.1) is 0 Å². The molecule has 1 aromatic rings. The molecule has 0 spiro atoms. The van der Waals surface area contributed by atoms with Gasteiger partial charge >= 0.3 is 6.09 Å².